The predicted octanol–water partition coefficient (Wildman–Crippen LogP) is 2.33. The van der Waals surface area contributed by atoms with Crippen LogP contribution >= 0.6 is 0 Å². The molecule has 0 aromatic heterocycles. The molecule has 0 aromatic carbocycles. The molecule has 0 heterocycles. The van der Waals surface area contributed by atoms with Crippen molar-refractivity contribution in [1.82, 2.24) is 5.32 Å². The van der Waals surface area contributed by atoms with Crippen molar-refractivity contribution in [3.05, 3.63) is 0 Å². The third-order valence-corrected chi connectivity index (χ3v) is 3.40. The first kappa shape index (κ1) is 14.0. The number of nitrogens with one attached hydrogen (secondary N) is 1. The van der Waals surface area contributed by atoms with Crippen molar-refractivity contribution in [2.75, 3.05) is 0 Å². The van der Waals surface area contributed by atoms with Crippen molar-refractivity contribution in [2.45, 2.75) is 64.8 Å². The number of hydrogen-bond donors (Lipinski definition) is 2. The van der Waals surface area contributed by atoms with Crippen LogP contribution < -0.4 is 5.32 Å². The van der Waals surface area contributed by atoms with E-state index in [2.05, 4.69) is 5.32 Å². The lowest BCUT2D eigenvalue weighted by atomic mass is 9.87. The van der Waals surface area contributed by atoms with E-state index in [0.717, 1.165) is 25.7 Å². The zero-order valence-electron chi connectivity index (χ0n) is 11.0. The van der Waals surface area contributed by atoms with E-state index >= 15 is 0 Å². The van der Waals surface area contributed by atoms with Crippen LogP contribution in [-0.4, -0.2) is 22.5 Å². The molecule has 0 saturated heterocycles. The molecule has 4 heteroatoms. The maximum atomic E-state index is 12.0. The molecular formula is C13H23NO3. The molecule has 4 nitrogen and oxygen atoms in total. The summed E-state index contributed by atoms with van der Waals surface area (Å²) in [6.45, 7) is 5.40. The van der Waals surface area contributed by atoms with Crippen molar-refractivity contribution in [1.29, 1.82) is 0 Å². The highest BCUT2D eigenvalue weighted by molar-refractivity contribution is 5.89. The first-order valence-electron chi connectivity index (χ1n) is 6.34. The molecule has 98 valence electrons. The summed E-state index contributed by atoms with van der Waals surface area (Å²) in [4.78, 5) is 23.5. The fourth-order valence-electron chi connectivity index (χ4n) is 2.13. The van der Waals surface area contributed by atoms with Gasteiger partial charge in [-0.3, -0.25) is 4.79 Å². The van der Waals surface area contributed by atoms with Gasteiger partial charge in [0.25, 0.3) is 0 Å². The Bertz CT molecular complexity index is 296. The Labute approximate surface area is 103 Å². The monoisotopic (exact) mass is 241 g/mol. The first-order valence-corrected chi connectivity index (χ1v) is 6.34. The molecule has 1 fully saturated rings. The minimum absolute atomic E-state index is 0.179. The van der Waals surface area contributed by atoms with Gasteiger partial charge in [0.05, 0.1) is 0 Å². The zero-order valence-corrected chi connectivity index (χ0v) is 11.0. The number of rotatable bonds is 2. The number of amides is 1. The Balaban J connectivity index is 2.85. The first-order chi connectivity index (χ1) is 7.78. The Morgan fingerprint density at radius 1 is 1.06 bits per heavy atom. The molecule has 1 aliphatic carbocycles. The highest BCUT2D eigenvalue weighted by atomic mass is 16.4. The summed E-state index contributed by atoms with van der Waals surface area (Å²) < 4.78 is 0. The number of carbonyl (C=O) groups is 2. The molecule has 1 saturated carbocycles. The minimum atomic E-state index is -1.04. The van der Waals surface area contributed by atoms with E-state index in [-0.39, 0.29) is 5.91 Å². The molecule has 1 aliphatic rings. The van der Waals surface area contributed by atoms with Crippen LogP contribution in [0.25, 0.3) is 0 Å². The van der Waals surface area contributed by atoms with Gasteiger partial charge in [0.15, 0.2) is 0 Å². The molecule has 2 N–H and O–H groups in total. The lowest BCUT2D eigenvalue weighted by Gasteiger charge is -2.32. The average molecular weight is 241 g/mol. The second kappa shape index (κ2) is 5.07. The maximum absolute atomic E-state index is 12.0. The SMILES string of the molecule is CC(C)(C)C(=O)NC1(C(=O)O)CCCCCC1. The van der Waals surface area contributed by atoms with E-state index in [0.29, 0.717) is 12.8 Å². The maximum Gasteiger partial charge on any atom is 0.329 e. The Hall–Kier alpha value is -1.06. The van der Waals surface area contributed by atoms with Crippen molar-refractivity contribution in [3.8, 4) is 0 Å². The van der Waals surface area contributed by atoms with Gasteiger partial charge in [-0.25, -0.2) is 4.79 Å². The van der Waals surface area contributed by atoms with Gasteiger partial charge < -0.3 is 10.4 Å². The van der Waals surface area contributed by atoms with Gasteiger partial charge in [0, 0.05) is 5.41 Å². The second-order valence-corrected chi connectivity index (χ2v) is 6.01. The topological polar surface area (TPSA) is 66.4 Å². The quantitative estimate of drug-likeness (QED) is 0.729. The molecule has 1 rings (SSSR count). The summed E-state index contributed by atoms with van der Waals surface area (Å²) in [5, 5.41) is 12.2. The van der Waals surface area contributed by atoms with Gasteiger partial charge >= 0.3 is 5.97 Å². The van der Waals surface area contributed by atoms with Crippen LogP contribution in [0.4, 0.5) is 0 Å². The number of carboxylic acid groups (broad SMARTS) is 1. The largest absolute Gasteiger partial charge is 0.480 e. The molecule has 17 heavy (non-hydrogen) atoms. The van der Waals surface area contributed by atoms with Crippen molar-refractivity contribution >= 4 is 11.9 Å². The third-order valence-electron chi connectivity index (χ3n) is 3.40. The smallest absolute Gasteiger partial charge is 0.329 e. The number of carbonyl (C=O) groups excluding carboxylic acids is 1. The van der Waals surface area contributed by atoms with Gasteiger partial charge in [-0.1, -0.05) is 46.5 Å². The van der Waals surface area contributed by atoms with Crippen LogP contribution in [-0.2, 0) is 9.59 Å². The van der Waals surface area contributed by atoms with E-state index in [9.17, 15) is 14.7 Å². The van der Waals surface area contributed by atoms with Gasteiger partial charge in [-0.05, 0) is 12.8 Å². The molecule has 0 radical (unpaired) electrons. The molecular weight excluding hydrogens is 218 g/mol. The summed E-state index contributed by atoms with van der Waals surface area (Å²) in [6, 6.07) is 0. The van der Waals surface area contributed by atoms with E-state index in [1.165, 1.54) is 0 Å². The van der Waals surface area contributed by atoms with Crippen LogP contribution in [0, 0.1) is 5.41 Å². The predicted molar refractivity (Wildman–Crippen MR) is 65.7 cm³/mol. The van der Waals surface area contributed by atoms with Crippen LogP contribution in [0.5, 0.6) is 0 Å². The normalized spacial score (nSPS) is 20.4. The van der Waals surface area contributed by atoms with E-state index in [1.54, 1.807) is 20.8 Å². The summed E-state index contributed by atoms with van der Waals surface area (Å²) in [7, 11) is 0. The second-order valence-electron chi connectivity index (χ2n) is 6.01. The fraction of sp³-hybridized carbons (Fsp3) is 0.846. The molecule has 0 spiro atoms. The van der Waals surface area contributed by atoms with Crippen LogP contribution in [0.3, 0.4) is 0 Å². The molecule has 0 aromatic rings. The van der Waals surface area contributed by atoms with E-state index < -0.39 is 16.9 Å². The minimum Gasteiger partial charge on any atom is -0.480 e. The summed E-state index contributed by atoms with van der Waals surface area (Å²) >= 11 is 0. The van der Waals surface area contributed by atoms with Gasteiger partial charge in [0.2, 0.25) is 5.91 Å². The van der Waals surface area contributed by atoms with Gasteiger partial charge in [-0.2, -0.15) is 0 Å². The highest BCUT2D eigenvalue weighted by Gasteiger charge is 2.41. The Morgan fingerprint density at radius 3 is 1.88 bits per heavy atom. The summed E-state index contributed by atoms with van der Waals surface area (Å²) in [5.74, 6) is -1.07. The van der Waals surface area contributed by atoms with Crippen LogP contribution in [0.1, 0.15) is 59.3 Å². The summed E-state index contributed by atoms with van der Waals surface area (Å²) in [5.41, 5.74) is -1.59. The standard InChI is InChI=1S/C13H23NO3/c1-12(2,3)10(15)14-13(11(16)17)8-6-4-5-7-9-13/h4-9H2,1-3H3,(H,14,15)(H,16,17). The van der Waals surface area contributed by atoms with Crippen molar-refractivity contribution < 1.29 is 14.7 Å². The van der Waals surface area contributed by atoms with Crippen LogP contribution in [0.15, 0.2) is 0 Å². The third kappa shape index (κ3) is 3.45. The molecule has 0 atom stereocenters. The molecule has 1 amide bonds. The fourth-order valence-corrected chi connectivity index (χ4v) is 2.13. The molecule has 0 aliphatic heterocycles. The van der Waals surface area contributed by atoms with Crippen molar-refractivity contribution in [2.24, 2.45) is 5.41 Å². The van der Waals surface area contributed by atoms with Crippen molar-refractivity contribution in [3.63, 3.8) is 0 Å². The Kier molecular flexibility index (Phi) is 4.17. The lowest BCUT2D eigenvalue weighted by molar-refractivity contribution is -0.149. The van der Waals surface area contributed by atoms with Gasteiger partial charge in [0.1, 0.15) is 5.54 Å². The number of carboxylic acids is 1. The molecule has 0 bridgehead atoms. The molecule has 0 unspecified atom stereocenters. The van der Waals surface area contributed by atoms with E-state index in [4.69, 9.17) is 0 Å². The van der Waals surface area contributed by atoms with E-state index in [1.807, 2.05) is 0 Å². The Morgan fingerprint density at radius 2 is 1.53 bits per heavy atom. The lowest BCUT2D eigenvalue weighted by Crippen LogP contribution is -2.56. The van der Waals surface area contributed by atoms with Gasteiger partial charge in [-0.15, -0.1) is 0 Å². The summed E-state index contributed by atoms with van der Waals surface area (Å²) in [6.07, 6.45) is 4.95. The number of aliphatic carboxylic acids is 1. The average Bonchev–Trinajstić information content (AvgIpc) is 2.42. The highest BCUT2D eigenvalue weighted by Crippen LogP contribution is 2.29. The van der Waals surface area contributed by atoms with Crippen LogP contribution in [0.2, 0.25) is 0 Å². The zero-order chi connectivity index (χ0) is 13.1. The number of hydrogen-bond acceptors (Lipinski definition) is 2.